The van der Waals surface area contributed by atoms with Crippen LogP contribution in [-0.4, -0.2) is 17.7 Å². The average Bonchev–Trinajstić information content (AvgIpc) is 3.29. The summed E-state index contributed by atoms with van der Waals surface area (Å²) in [6, 6.07) is 15.3. The fourth-order valence-corrected chi connectivity index (χ4v) is 3.11. The van der Waals surface area contributed by atoms with Gasteiger partial charge in [0.25, 0.3) is 5.91 Å². The third-order valence-electron chi connectivity index (χ3n) is 3.66. The molecule has 0 bridgehead atoms. The van der Waals surface area contributed by atoms with Gasteiger partial charge in [-0.15, -0.1) is 11.3 Å². The number of carbonyl (C=O) groups is 1. The minimum absolute atomic E-state index is 0.196. The second kappa shape index (κ2) is 6.82. The van der Waals surface area contributed by atoms with E-state index in [-0.39, 0.29) is 12.7 Å². The van der Waals surface area contributed by atoms with Crippen LogP contribution in [0.3, 0.4) is 0 Å². The van der Waals surface area contributed by atoms with Gasteiger partial charge in [0.15, 0.2) is 16.6 Å². The molecule has 0 spiro atoms. The SMILES string of the molecule is O=C(NCc1ccccc1)c1csc(Nc2ccc3c(c2)OCO3)n1. The van der Waals surface area contributed by atoms with Crippen molar-refractivity contribution in [2.75, 3.05) is 12.1 Å². The van der Waals surface area contributed by atoms with Gasteiger partial charge < -0.3 is 20.1 Å². The van der Waals surface area contributed by atoms with E-state index in [0.29, 0.717) is 23.1 Å². The Morgan fingerprint density at radius 1 is 1.12 bits per heavy atom. The Morgan fingerprint density at radius 3 is 2.84 bits per heavy atom. The minimum atomic E-state index is -0.196. The molecule has 2 N–H and O–H groups in total. The third kappa shape index (κ3) is 3.56. The summed E-state index contributed by atoms with van der Waals surface area (Å²) in [5, 5.41) is 8.42. The van der Waals surface area contributed by atoms with Gasteiger partial charge in [-0.05, 0) is 17.7 Å². The van der Waals surface area contributed by atoms with Crippen molar-refractivity contribution in [3.05, 3.63) is 65.2 Å². The van der Waals surface area contributed by atoms with Crippen LogP contribution in [0.5, 0.6) is 11.5 Å². The van der Waals surface area contributed by atoms with Crippen molar-refractivity contribution >= 4 is 28.1 Å². The number of benzene rings is 2. The van der Waals surface area contributed by atoms with Crippen LogP contribution in [0.25, 0.3) is 0 Å². The topological polar surface area (TPSA) is 72.5 Å². The van der Waals surface area contributed by atoms with E-state index >= 15 is 0 Å². The summed E-state index contributed by atoms with van der Waals surface area (Å²) in [6.45, 7) is 0.712. The van der Waals surface area contributed by atoms with Crippen molar-refractivity contribution in [2.24, 2.45) is 0 Å². The van der Waals surface area contributed by atoms with Gasteiger partial charge in [0.1, 0.15) is 5.69 Å². The van der Waals surface area contributed by atoms with Gasteiger partial charge in [0.05, 0.1) is 0 Å². The summed E-state index contributed by atoms with van der Waals surface area (Å²) >= 11 is 1.37. The molecule has 2 aromatic carbocycles. The maximum absolute atomic E-state index is 12.2. The first-order chi connectivity index (χ1) is 12.3. The van der Waals surface area contributed by atoms with Crippen molar-refractivity contribution in [3.63, 3.8) is 0 Å². The van der Waals surface area contributed by atoms with E-state index in [1.165, 1.54) is 11.3 Å². The third-order valence-corrected chi connectivity index (χ3v) is 4.41. The fourth-order valence-electron chi connectivity index (χ4n) is 2.40. The predicted octanol–water partition coefficient (Wildman–Crippen LogP) is 3.55. The normalized spacial score (nSPS) is 12.0. The Balaban J connectivity index is 1.39. The van der Waals surface area contributed by atoms with Crippen LogP contribution in [0.2, 0.25) is 0 Å². The quantitative estimate of drug-likeness (QED) is 0.734. The molecule has 0 fully saturated rings. The smallest absolute Gasteiger partial charge is 0.271 e. The van der Waals surface area contributed by atoms with Gasteiger partial charge in [-0.25, -0.2) is 4.98 Å². The van der Waals surface area contributed by atoms with Crippen molar-refractivity contribution < 1.29 is 14.3 Å². The van der Waals surface area contributed by atoms with E-state index in [1.54, 1.807) is 5.38 Å². The average molecular weight is 353 g/mol. The van der Waals surface area contributed by atoms with Gasteiger partial charge in [0, 0.05) is 23.7 Å². The number of nitrogens with zero attached hydrogens (tertiary/aromatic N) is 1. The molecule has 2 heterocycles. The maximum atomic E-state index is 12.2. The molecule has 3 aromatic rings. The lowest BCUT2D eigenvalue weighted by atomic mass is 10.2. The standard InChI is InChI=1S/C18H15N3O3S/c22-17(19-9-12-4-2-1-3-5-12)14-10-25-18(21-14)20-13-6-7-15-16(8-13)24-11-23-15/h1-8,10H,9,11H2,(H,19,22)(H,20,21). The van der Waals surface area contributed by atoms with Crippen LogP contribution in [0.15, 0.2) is 53.9 Å². The molecular formula is C18H15N3O3S. The van der Waals surface area contributed by atoms with Crippen LogP contribution >= 0.6 is 11.3 Å². The second-order valence-electron chi connectivity index (χ2n) is 5.40. The Labute approximate surface area is 148 Å². The van der Waals surface area contributed by atoms with Gasteiger partial charge >= 0.3 is 0 Å². The number of carbonyl (C=O) groups excluding carboxylic acids is 1. The molecule has 0 unspecified atom stereocenters. The molecule has 7 heteroatoms. The molecule has 25 heavy (non-hydrogen) atoms. The molecule has 6 nitrogen and oxygen atoms in total. The van der Waals surface area contributed by atoms with Crippen LogP contribution in [0, 0.1) is 0 Å². The van der Waals surface area contributed by atoms with Crippen molar-refractivity contribution in [1.82, 2.24) is 10.3 Å². The lowest BCUT2D eigenvalue weighted by molar-refractivity contribution is 0.0946. The zero-order valence-electron chi connectivity index (χ0n) is 13.2. The summed E-state index contributed by atoms with van der Waals surface area (Å²) in [7, 11) is 0. The van der Waals surface area contributed by atoms with Crippen LogP contribution in [-0.2, 0) is 6.54 Å². The molecule has 126 valence electrons. The fraction of sp³-hybridized carbons (Fsp3) is 0.111. The molecule has 1 aliphatic rings. The molecule has 1 amide bonds. The number of ether oxygens (including phenoxy) is 2. The molecule has 0 aliphatic carbocycles. The zero-order valence-corrected chi connectivity index (χ0v) is 14.0. The maximum Gasteiger partial charge on any atom is 0.271 e. The predicted molar refractivity (Wildman–Crippen MR) is 95.6 cm³/mol. The first-order valence-electron chi connectivity index (χ1n) is 7.72. The van der Waals surface area contributed by atoms with E-state index < -0.39 is 0 Å². The summed E-state index contributed by atoms with van der Waals surface area (Å²) in [6.07, 6.45) is 0. The molecule has 0 atom stereocenters. The number of hydrogen-bond donors (Lipinski definition) is 2. The summed E-state index contributed by atoms with van der Waals surface area (Å²) in [5.74, 6) is 1.23. The lowest BCUT2D eigenvalue weighted by Gasteiger charge is -2.04. The van der Waals surface area contributed by atoms with Gasteiger partial charge in [-0.2, -0.15) is 0 Å². The first-order valence-corrected chi connectivity index (χ1v) is 8.60. The number of aromatic nitrogens is 1. The van der Waals surface area contributed by atoms with Crippen LogP contribution in [0.4, 0.5) is 10.8 Å². The van der Waals surface area contributed by atoms with E-state index in [1.807, 2.05) is 48.5 Å². The largest absolute Gasteiger partial charge is 0.454 e. The highest BCUT2D eigenvalue weighted by Crippen LogP contribution is 2.35. The minimum Gasteiger partial charge on any atom is -0.454 e. The van der Waals surface area contributed by atoms with E-state index in [0.717, 1.165) is 17.0 Å². The lowest BCUT2D eigenvalue weighted by Crippen LogP contribution is -2.23. The Morgan fingerprint density at radius 2 is 1.96 bits per heavy atom. The Hall–Kier alpha value is -3.06. The van der Waals surface area contributed by atoms with Crippen molar-refractivity contribution in [2.45, 2.75) is 6.54 Å². The molecular weight excluding hydrogens is 338 g/mol. The zero-order chi connectivity index (χ0) is 17.1. The number of amides is 1. The number of thiazole rings is 1. The van der Waals surface area contributed by atoms with Crippen molar-refractivity contribution in [1.29, 1.82) is 0 Å². The number of hydrogen-bond acceptors (Lipinski definition) is 6. The van der Waals surface area contributed by atoms with Crippen LogP contribution < -0.4 is 20.1 Å². The van der Waals surface area contributed by atoms with Crippen LogP contribution in [0.1, 0.15) is 16.1 Å². The summed E-state index contributed by atoms with van der Waals surface area (Å²) in [4.78, 5) is 16.5. The molecule has 4 rings (SSSR count). The van der Waals surface area contributed by atoms with E-state index in [4.69, 9.17) is 9.47 Å². The number of anilines is 2. The number of nitrogens with one attached hydrogen (secondary N) is 2. The van der Waals surface area contributed by atoms with E-state index in [9.17, 15) is 4.79 Å². The monoisotopic (exact) mass is 353 g/mol. The number of rotatable bonds is 5. The molecule has 0 radical (unpaired) electrons. The van der Waals surface area contributed by atoms with Gasteiger partial charge in [0.2, 0.25) is 6.79 Å². The summed E-state index contributed by atoms with van der Waals surface area (Å²) in [5.41, 5.74) is 2.27. The number of fused-ring (bicyclic) bond motifs is 1. The second-order valence-corrected chi connectivity index (χ2v) is 6.26. The van der Waals surface area contributed by atoms with E-state index in [2.05, 4.69) is 15.6 Å². The highest BCUT2D eigenvalue weighted by atomic mass is 32.1. The Bertz CT molecular complexity index is 896. The highest BCUT2D eigenvalue weighted by molar-refractivity contribution is 7.14. The highest BCUT2D eigenvalue weighted by Gasteiger charge is 2.15. The molecule has 1 aliphatic heterocycles. The molecule has 0 saturated carbocycles. The van der Waals surface area contributed by atoms with Gasteiger partial charge in [-0.1, -0.05) is 30.3 Å². The molecule has 1 aromatic heterocycles. The Kier molecular flexibility index (Phi) is 4.22. The first kappa shape index (κ1) is 15.5. The van der Waals surface area contributed by atoms with Gasteiger partial charge in [-0.3, -0.25) is 4.79 Å². The molecule has 0 saturated heterocycles. The summed E-state index contributed by atoms with van der Waals surface area (Å²) < 4.78 is 10.6. The van der Waals surface area contributed by atoms with Crippen molar-refractivity contribution in [3.8, 4) is 11.5 Å².